The maximum absolute atomic E-state index is 5.65. The normalized spacial score (nSPS) is 12.8. The Morgan fingerprint density at radius 1 is 1.64 bits per heavy atom. The standard InChI is InChI=1S/C9H17N3O2/c1-10-4-9(7-13-3)14-8-5-11-12(2)6-8/h5-6,9-10H,4,7H2,1-3H3. The lowest BCUT2D eigenvalue weighted by Crippen LogP contribution is -2.33. The van der Waals surface area contributed by atoms with Crippen LogP contribution in [-0.4, -0.2) is 43.2 Å². The first-order valence-electron chi connectivity index (χ1n) is 4.55. The first-order chi connectivity index (χ1) is 6.76. The van der Waals surface area contributed by atoms with Gasteiger partial charge in [-0.2, -0.15) is 5.10 Å². The smallest absolute Gasteiger partial charge is 0.157 e. The Morgan fingerprint density at radius 2 is 2.43 bits per heavy atom. The van der Waals surface area contributed by atoms with Crippen molar-refractivity contribution in [1.29, 1.82) is 0 Å². The molecule has 1 aromatic heterocycles. The van der Waals surface area contributed by atoms with Gasteiger partial charge in [-0.15, -0.1) is 0 Å². The highest BCUT2D eigenvalue weighted by Gasteiger charge is 2.09. The lowest BCUT2D eigenvalue weighted by Gasteiger charge is -2.16. The minimum absolute atomic E-state index is 0.0224. The van der Waals surface area contributed by atoms with E-state index in [9.17, 15) is 0 Å². The van der Waals surface area contributed by atoms with Crippen LogP contribution in [0.4, 0.5) is 0 Å². The fourth-order valence-corrected chi connectivity index (χ4v) is 1.20. The van der Waals surface area contributed by atoms with Gasteiger partial charge in [0.25, 0.3) is 0 Å². The molecule has 1 N–H and O–H groups in total. The molecule has 5 heteroatoms. The van der Waals surface area contributed by atoms with Gasteiger partial charge in [0, 0.05) is 20.7 Å². The van der Waals surface area contributed by atoms with Crippen molar-refractivity contribution >= 4 is 0 Å². The maximum Gasteiger partial charge on any atom is 0.157 e. The summed E-state index contributed by atoms with van der Waals surface area (Å²) in [6.45, 7) is 1.32. The highest BCUT2D eigenvalue weighted by Crippen LogP contribution is 2.09. The second kappa shape index (κ2) is 5.62. The zero-order valence-electron chi connectivity index (χ0n) is 8.86. The number of hydrogen-bond acceptors (Lipinski definition) is 4. The average Bonchev–Trinajstić information content (AvgIpc) is 2.52. The van der Waals surface area contributed by atoms with Crippen molar-refractivity contribution in [2.24, 2.45) is 7.05 Å². The fraction of sp³-hybridized carbons (Fsp3) is 0.667. The number of nitrogens with zero attached hydrogens (tertiary/aromatic N) is 2. The van der Waals surface area contributed by atoms with Gasteiger partial charge in [0.2, 0.25) is 0 Å². The van der Waals surface area contributed by atoms with Crippen molar-refractivity contribution in [1.82, 2.24) is 15.1 Å². The predicted molar refractivity (Wildman–Crippen MR) is 53.4 cm³/mol. The Kier molecular flexibility index (Phi) is 4.42. The maximum atomic E-state index is 5.65. The number of nitrogens with one attached hydrogen (secondary N) is 1. The van der Waals surface area contributed by atoms with E-state index < -0.39 is 0 Å². The van der Waals surface area contributed by atoms with Gasteiger partial charge in [0.05, 0.1) is 19.0 Å². The molecule has 0 aliphatic heterocycles. The van der Waals surface area contributed by atoms with Gasteiger partial charge in [-0.1, -0.05) is 0 Å². The minimum atomic E-state index is 0.0224. The molecule has 0 fully saturated rings. The van der Waals surface area contributed by atoms with E-state index in [0.717, 1.165) is 12.3 Å². The molecular weight excluding hydrogens is 182 g/mol. The van der Waals surface area contributed by atoms with E-state index in [1.807, 2.05) is 20.3 Å². The summed E-state index contributed by atoms with van der Waals surface area (Å²) >= 11 is 0. The molecule has 80 valence electrons. The molecule has 0 aliphatic carbocycles. The largest absolute Gasteiger partial charge is 0.483 e. The van der Waals surface area contributed by atoms with E-state index in [4.69, 9.17) is 9.47 Å². The summed E-state index contributed by atoms with van der Waals surface area (Å²) in [5.74, 6) is 0.768. The highest BCUT2D eigenvalue weighted by molar-refractivity contribution is 5.11. The van der Waals surface area contributed by atoms with Crippen LogP contribution in [0.5, 0.6) is 5.75 Å². The third-order valence-corrected chi connectivity index (χ3v) is 1.77. The molecule has 0 aromatic carbocycles. The first-order valence-corrected chi connectivity index (χ1v) is 4.55. The van der Waals surface area contributed by atoms with E-state index in [1.54, 1.807) is 18.0 Å². The second-order valence-corrected chi connectivity index (χ2v) is 3.10. The number of methoxy groups -OCH3 is 1. The lowest BCUT2D eigenvalue weighted by atomic mass is 10.4. The van der Waals surface area contributed by atoms with Gasteiger partial charge < -0.3 is 14.8 Å². The predicted octanol–water partition coefficient (Wildman–Crippen LogP) is 0.0333. The average molecular weight is 199 g/mol. The molecule has 0 saturated carbocycles. The van der Waals surface area contributed by atoms with Crippen molar-refractivity contribution in [3.8, 4) is 5.75 Å². The van der Waals surface area contributed by atoms with E-state index in [-0.39, 0.29) is 6.10 Å². The molecule has 0 bridgehead atoms. The van der Waals surface area contributed by atoms with Crippen LogP contribution in [0.25, 0.3) is 0 Å². The van der Waals surface area contributed by atoms with Crippen molar-refractivity contribution in [2.75, 3.05) is 27.3 Å². The zero-order chi connectivity index (χ0) is 10.4. The molecular formula is C9H17N3O2. The van der Waals surface area contributed by atoms with Crippen LogP contribution in [0.2, 0.25) is 0 Å². The van der Waals surface area contributed by atoms with Gasteiger partial charge in [0.15, 0.2) is 5.75 Å². The topological polar surface area (TPSA) is 48.3 Å². The Morgan fingerprint density at radius 3 is 2.93 bits per heavy atom. The molecule has 0 radical (unpaired) electrons. The Balaban J connectivity index is 2.46. The summed E-state index contributed by atoms with van der Waals surface area (Å²) in [4.78, 5) is 0. The Hall–Kier alpha value is -1.07. The number of likely N-dealkylation sites (N-methyl/N-ethyl adjacent to an activating group) is 1. The van der Waals surface area contributed by atoms with Gasteiger partial charge >= 0.3 is 0 Å². The minimum Gasteiger partial charge on any atom is -0.483 e. The molecule has 14 heavy (non-hydrogen) atoms. The molecule has 5 nitrogen and oxygen atoms in total. The lowest BCUT2D eigenvalue weighted by molar-refractivity contribution is 0.0818. The van der Waals surface area contributed by atoms with E-state index >= 15 is 0 Å². The van der Waals surface area contributed by atoms with Crippen LogP contribution in [-0.2, 0) is 11.8 Å². The summed E-state index contributed by atoms with van der Waals surface area (Å²) in [6.07, 6.45) is 3.55. The summed E-state index contributed by atoms with van der Waals surface area (Å²) in [7, 11) is 5.40. The fourth-order valence-electron chi connectivity index (χ4n) is 1.20. The first kappa shape index (κ1) is 11.0. The third kappa shape index (κ3) is 3.35. The monoisotopic (exact) mass is 199 g/mol. The molecule has 0 saturated heterocycles. The van der Waals surface area contributed by atoms with Crippen molar-refractivity contribution in [2.45, 2.75) is 6.10 Å². The summed E-state index contributed by atoms with van der Waals surface area (Å²) in [5.41, 5.74) is 0. The van der Waals surface area contributed by atoms with Crippen molar-refractivity contribution in [3.05, 3.63) is 12.4 Å². The van der Waals surface area contributed by atoms with E-state index in [2.05, 4.69) is 10.4 Å². The van der Waals surface area contributed by atoms with Crippen LogP contribution in [0.1, 0.15) is 0 Å². The Labute approximate surface area is 84.0 Å². The summed E-state index contributed by atoms with van der Waals surface area (Å²) in [6, 6.07) is 0. The quantitative estimate of drug-likeness (QED) is 0.702. The molecule has 0 amide bonds. The van der Waals surface area contributed by atoms with Crippen molar-refractivity contribution in [3.63, 3.8) is 0 Å². The van der Waals surface area contributed by atoms with Gasteiger partial charge in [-0.3, -0.25) is 4.68 Å². The molecule has 1 atom stereocenters. The van der Waals surface area contributed by atoms with Crippen LogP contribution >= 0.6 is 0 Å². The van der Waals surface area contributed by atoms with E-state index in [0.29, 0.717) is 6.61 Å². The van der Waals surface area contributed by atoms with Gasteiger partial charge in [0.1, 0.15) is 6.10 Å². The molecule has 1 unspecified atom stereocenters. The third-order valence-electron chi connectivity index (χ3n) is 1.77. The van der Waals surface area contributed by atoms with Crippen LogP contribution < -0.4 is 10.1 Å². The number of aromatic nitrogens is 2. The number of rotatable bonds is 6. The molecule has 0 aliphatic rings. The SMILES string of the molecule is CNCC(COC)Oc1cnn(C)c1. The van der Waals surface area contributed by atoms with Crippen LogP contribution in [0.3, 0.4) is 0 Å². The number of ether oxygens (including phenoxy) is 2. The zero-order valence-corrected chi connectivity index (χ0v) is 8.86. The molecule has 1 rings (SSSR count). The molecule has 1 heterocycles. The van der Waals surface area contributed by atoms with Gasteiger partial charge in [-0.25, -0.2) is 0 Å². The van der Waals surface area contributed by atoms with E-state index in [1.165, 1.54) is 0 Å². The number of hydrogen-bond donors (Lipinski definition) is 1. The van der Waals surface area contributed by atoms with Crippen LogP contribution in [0.15, 0.2) is 12.4 Å². The molecule has 1 aromatic rings. The van der Waals surface area contributed by atoms with Gasteiger partial charge in [-0.05, 0) is 7.05 Å². The van der Waals surface area contributed by atoms with Crippen molar-refractivity contribution < 1.29 is 9.47 Å². The molecule has 0 spiro atoms. The second-order valence-electron chi connectivity index (χ2n) is 3.10. The summed E-state index contributed by atoms with van der Waals surface area (Å²) < 4.78 is 12.4. The number of aryl methyl sites for hydroxylation is 1. The van der Waals surface area contributed by atoms with Crippen LogP contribution in [0, 0.1) is 0 Å². The summed E-state index contributed by atoms with van der Waals surface area (Å²) in [5, 5.41) is 7.07. The highest BCUT2D eigenvalue weighted by atomic mass is 16.5. The Bertz CT molecular complexity index is 256.